The molecule has 20 heavy (non-hydrogen) atoms. The molecule has 0 bridgehead atoms. The normalized spacial score (nSPS) is 15.0. The highest BCUT2D eigenvalue weighted by Gasteiger charge is 2.07. The summed E-state index contributed by atoms with van der Waals surface area (Å²) in [6.45, 7) is 0. The summed E-state index contributed by atoms with van der Waals surface area (Å²) >= 11 is 0. The van der Waals surface area contributed by atoms with Crippen molar-refractivity contribution in [3.05, 3.63) is 65.8 Å². The standard InChI is InChI=1S/C13H10.C4H3NO2/c1-4-10-6-2-8-12-9-3-7-11(5-1)13(10)12;6-3-1-2-4(7)5-3/h1-8H,9H2;1-2H,(H,5,6,7). The van der Waals surface area contributed by atoms with E-state index in [0.29, 0.717) is 0 Å². The predicted octanol–water partition coefficient (Wildman–Crippen LogP) is 2.61. The van der Waals surface area contributed by atoms with Crippen LogP contribution in [0.1, 0.15) is 11.1 Å². The lowest BCUT2D eigenvalue weighted by Crippen LogP contribution is -2.19. The average molecular weight is 263 g/mol. The van der Waals surface area contributed by atoms with Gasteiger partial charge in [0.25, 0.3) is 11.8 Å². The van der Waals surface area contributed by atoms with Gasteiger partial charge in [0.15, 0.2) is 0 Å². The van der Waals surface area contributed by atoms with Crippen LogP contribution in [-0.2, 0) is 16.0 Å². The molecule has 0 unspecified atom stereocenters. The van der Waals surface area contributed by atoms with Crippen LogP contribution in [0, 0.1) is 0 Å². The molecule has 0 saturated heterocycles. The average Bonchev–Trinajstić information content (AvgIpc) is 2.84. The number of hydrogen-bond donors (Lipinski definition) is 1. The fourth-order valence-electron chi connectivity index (χ4n) is 2.43. The third kappa shape index (κ3) is 2.38. The third-order valence-corrected chi connectivity index (χ3v) is 3.29. The number of hydrogen-bond acceptors (Lipinski definition) is 2. The van der Waals surface area contributed by atoms with E-state index in [1.54, 1.807) is 0 Å². The van der Waals surface area contributed by atoms with Gasteiger partial charge in [-0.05, 0) is 28.3 Å². The molecular formula is C17H13NO2. The molecule has 98 valence electrons. The molecule has 2 aromatic rings. The van der Waals surface area contributed by atoms with Crippen molar-refractivity contribution in [3.8, 4) is 0 Å². The van der Waals surface area contributed by atoms with Gasteiger partial charge in [-0.2, -0.15) is 0 Å². The van der Waals surface area contributed by atoms with Crippen LogP contribution in [0.25, 0.3) is 16.8 Å². The first kappa shape index (κ1) is 12.4. The molecule has 0 radical (unpaired) electrons. The second kappa shape index (κ2) is 5.13. The van der Waals surface area contributed by atoms with E-state index >= 15 is 0 Å². The van der Waals surface area contributed by atoms with Crippen LogP contribution in [0.4, 0.5) is 0 Å². The largest absolute Gasteiger partial charge is 0.289 e. The van der Waals surface area contributed by atoms with E-state index in [0.717, 1.165) is 6.42 Å². The highest BCUT2D eigenvalue weighted by Crippen LogP contribution is 2.27. The molecule has 1 N–H and O–H groups in total. The van der Waals surface area contributed by atoms with Gasteiger partial charge in [-0.15, -0.1) is 0 Å². The molecule has 2 amide bonds. The Morgan fingerprint density at radius 1 is 0.850 bits per heavy atom. The van der Waals surface area contributed by atoms with Gasteiger partial charge in [0, 0.05) is 12.2 Å². The van der Waals surface area contributed by atoms with Gasteiger partial charge in [0.2, 0.25) is 0 Å². The van der Waals surface area contributed by atoms with Gasteiger partial charge < -0.3 is 0 Å². The van der Waals surface area contributed by atoms with Gasteiger partial charge >= 0.3 is 0 Å². The van der Waals surface area contributed by atoms with Crippen molar-refractivity contribution in [2.45, 2.75) is 6.42 Å². The van der Waals surface area contributed by atoms with E-state index in [2.05, 4.69) is 48.6 Å². The monoisotopic (exact) mass is 263 g/mol. The molecule has 0 fully saturated rings. The first-order chi connectivity index (χ1) is 9.74. The summed E-state index contributed by atoms with van der Waals surface area (Å²) in [6.07, 6.45) is 7.92. The summed E-state index contributed by atoms with van der Waals surface area (Å²) in [5, 5.41) is 4.83. The first-order valence-electron chi connectivity index (χ1n) is 6.44. The van der Waals surface area contributed by atoms with Crippen LogP contribution in [0.15, 0.2) is 54.6 Å². The van der Waals surface area contributed by atoms with Crippen LogP contribution >= 0.6 is 0 Å². The van der Waals surface area contributed by atoms with Crippen molar-refractivity contribution in [3.63, 3.8) is 0 Å². The van der Waals surface area contributed by atoms with E-state index in [1.807, 2.05) is 5.32 Å². The van der Waals surface area contributed by atoms with Gasteiger partial charge in [-0.3, -0.25) is 14.9 Å². The highest BCUT2D eigenvalue weighted by atomic mass is 16.2. The number of carbonyl (C=O) groups is 2. The molecule has 0 saturated carbocycles. The molecule has 3 nitrogen and oxygen atoms in total. The lowest BCUT2D eigenvalue weighted by Gasteiger charge is -2.11. The van der Waals surface area contributed by atoms with Gasteiger partial charge in [-0.25, -0.2) is 0 Å². The molecule has 3 heteroatoms. The van der Waals surface area contributed by atoms with Crippen LogP contribution in [0.2, 0.25) is 0 Å². The summed E-state index contributed by atoms with van der Waals surface area (Å²) in [7, 11) is 0. The van der Waals surface area contributed by atoms with Crippen LogP contribution in [0.5, 0.6) is 0 Å². The van der Waals surface area contributed by atoms with Crippen LogP contribution in [0.3, 0.4) is 0 Å². The maximum atomic E-state index is 10.0. The summed E-state index contributed by atoms with van der Waals surface area (Å²) in [5.74, 6) is -0.657. The molecule has 2 aromatic carbocycles. The zero-order chi connectivity index (χ0) is 13.9. The lowest BCUT2D eigenvalue weighted by molar-refractivity contribution is -0.123. The fourth-order valence-corrected chi connectivity index (χ4v) is 2.43. The van der Waals surface area contributed by atoms with E-state index in [1.165, 1.54) is 34.1 Å². The number of nitrogens with one attached hydrogen (secondary N) is 1. The van der Waals surface area contributed by atoms with Gasteiger partial charge in [-0.1, -0.05) is 48.6 Å². The van der Waals surface area contributed by atoms with Crippen molar-refractivity contribution >= 4 is 28.7 Å². The first-order valence-corrected chi connectivity index (χ1v) is 6.44. The second-order valence-electron chi connectivity index (χ2n) is 4.66. The Labute approximate surface area is 116 Å². The number of benzene rings is 2. The van der Waals surface area contributed by atoms with Gasteiger partial charge in [0.05, 0.1) is 0 Å². The summed E-state index contributed by atoms with van der Waals surface area (Å²) < 4.78 is 0. The molecular weight excluding hydrogens is 250 g/mol. The topological polar surface area (TPSA) is 46.2 Å². The van der Waals surface area contributed by atoms with E-state index < -0.39 is 0 Å². The Morgan fingerprint density at radius 3 is 2.20 bits per heavy atom. The number of allylic oxidation sites excluding steroid dienone is 1. The van der Waals surface area contributed by atoms with Crippen molar-refractivity contribution in [1.82, 2.24) is 5.32 Å². The number of imide groups is 1. The Bertz CT molecular complexity index is 735. The Kier molecular flexibility index (Phi) is 3.17. The van der Waals surface area contributed by atoms with E-state index in [9.17, 15) is 9.59 Å². The molecule has 2 aliphatic rings. The zero-order valence-corrected chi connectivity index (χ0v) is 10.8. The highest BCUT2D eigenvalue weighted by molar-refractivity contribution is 6.12. The van der Waals surface area contributed by atoms with Crippen molar-refractivity contribution in [2.75, 3.05) is 0 Å². The Hall–Kier alpha value is -2.68. The fraction of sp³-hybridized carbons (Fsp3) is 0.0588. The summed E-state index contributed by atoms with van der Waals surface area (Å²) in [5.41, 5.74) is 2.81. The summed E-state index contributed by atoms with van der Waals surface area (Å²) in [4.78, 5) is 20.1. The summed E-state index contributed by atoms with van der Waals surface area (Å²) in [6, 6.07) is 13.0. The van der Waals surface area contributed by atoms with Crippen molar-refractivity contribution in [2.24, 2.45) is 0 Å². The maximum Gasteiger partial charge on any atom is 0.250 e. The van der Waals surface area contributed by atoms with E-state index in [4.69, 9.17) is 0 Å². The van der Waals surface area contributed by atoms with E-state index in [-0.39, 0.29) is 11.8 Å². The lowest BCUT2D eigenvalue weighted by atomic mass is 9.93. The van der Waals surface area contributed by atoms with Crippen LogP contribution in [-0.4, -0.2) is 11.8 Å². The number of rotatable bonds is 0. The molecule has 1 heterocycles. The minimum Gasteiger partial charge on any atom is -0.289 e. The van der Waals surface area contributed by atoms with Crippen LogP contribution < -0.4 is 5.32 Å². The minimum atomic E-state index is -0.329. The molecule has 0 aromatic heterocycles. The number of amides is 2. The Morgan fingerprint density at radius 2 is 1.55 bits per heavy atom. The quantitative estimate of drug-likeness (QED) is 0.743. The minimum absolute atomic E-state index is 0.329. The Balaban J connectivity index is 0.000000147. The molecule has 4 rings (SSSR count). The maximum absolute atomic E-state index is 10.0. The van der Waals surface area contributed by atoms with Crippen molar-refractivity contribution in [1.29, 1.82) is 0 Å². The van der Waals surface area contributed by atoms with Gasteiger partial charge in [0.1, 0.15) is 0 Å². The smallest absolute Gasteiger partial charge is 0.250 e. The van der Waals surface area contributed by atoms with Crippen molar-refractivity contribution < 1.29 is 9.59 Å². The third-order valence-electron chi connectivity index (χ3n) is 3.29. The molecule has 0 atom stereocenters. The number of carbonyl (C=O) groups excluding carboxylic acids is 2. The molecule has 1 aliphatic heterocycles. The predicted molar refractivity (Wildman–Crippen MR) is 79.0 cm³/mol. The molecule has 1 aliphatic carbocycles. The SMILES string of the molecule is C1=Cc2cccc3cccc(c23)C1.O=C1C=CC(=O)N1. The molecule has 0 spiro atoms. The second-order valence-corrected chi connectivity index (χ2v) is 4.66. The zero-order valence-electron chi connectivity index (χ0n) is 10.8.